The number of rotatable bonds is 3. The highest BCUT2D eigenvalue weighted by Crippen LogP contribution is 2.36. The maximum atomic E-state index is 13.5. The van der Waals surface area contributed by atoms with Gasteiger partial charge in [-0.25, -0.2) is 4.39 Å². The third kappa shape index (κ3) is 3.30. The zero-order chi connectivity index (χ0) is 14.0. The van der Waals surface area contributed by atoms with Crippen LogP contribution >= 0.6 is 43.5 Å². The van der Waals surface area contributed by atoms with Crippen molar-refractivity contribution in [1.29, 1.82) is 0 Å². The molecule has 100 valence electrons. The molecule has 0 aliphatic carbocycles. The van der Waals surface area contributed by atoms with E-state index in [-0.39, 0.29) is 5.82 Å². The number of halogens is 4. The zero-order valence-corrected chi connectivity index (χ0v) is 13.9. The molecule has 2 rings (SSSR count). The van der Waals surface area contributed by atoms with Crippen LogP contribution in [0.4, 0.5) is 4.39 Å². The molecule has 1 unspecified atom stereocenters. The van der Waals surface area contributed by atoms with Crippen LogP contribution in [0.3, 0.4) is 0 Å². The average Bonchev–Trinajstić information content (AvgIpc) is 2.41. The molecule has 2 aromatic carbocycles. The van der Waals surface area contributed by atoms with Gasteiger partial charge in [0.05, 0.1) is 17.0 Å². The van der Waals surface area contributed by atoms with Crippen molar-refractivity contribution in [3.63, 3.8) is 0 Å². The standard InChI is InChI=1S/C14H10Br2ClFO/c1-19-9-3-4-10(12(16)7-9)14(17)8-2-5-11(15)13(18)6-8/h2-7,14H,1H3. The predicted octanol–water partition coefficient (Wildman–Crippen LogP) is 5.69. The fourth-order valence-corrected chi connectivity index (χ4v) is 2.98. The molecule has 1 nitrogen and oxygen atoms in total. The van der Waals surface area contributed by atoms with Gasteiger partial charge in [-0.15, -0.1) is 11.6 Å². The van der Waals surface area contributed by atoms with E-state index >= 15 is 0 Å². The van der Waals surface area contributed by atoms with E-state index in [1.54, 1.807) is 19.2 Å². The summed E-state index contributed by atoms with van der Waals surface area (Å²) >= 11 is 13.0. The molecule has 0 N–H and O–H groups in total. The van der Waals surface area contributed by atoms with Crippen LogP contribution < -0.4 is 4.74 Å². The maximum Gasteiger partial charge on any atom is 0.137 e. The topological polar surface area (TPSA) is 9.23 Å². The Morgan fingerprint density at radius 2 is 1.84 bits per heavy atom. The van der Waals surface area contributed by atoms with Gasteiger partial charge in [0.1, 0.15) is 11.6 Å². The molecular weight excluding hydrogens is 398 g/mol. The Hall–Kier alpha value is -0.580. The van der Waals surface area contributed by atoms with E-state index in [0.29, 0.717) is 10.0 Å². The molecule has 2 aromatic rings. The van der Waals surface area contributed by atoms with Crippen LogP contribution in [-0.2, 0) is 0 Å². The van der Waals surface area contributed by atoms with Gasteiger partial charge in [0.25, 0.3) is 0 Å². The van der Waals surface area contributed by atoms with E-state index in [1.807, 2.05) is 18.2 Å². The smallest absolute Gasteiger partial charge is 0.137 e. The van der Waals surface area contributed by atoms with Gasteiger partial charge in [-0.1, -0.05) is 28.1 Å². The minimum absolute atomic E-state index is 0.326. The third-order valence-electron chi connectivity index (χ3n) is 2.72. The Bertz CT molecular complexity index is 604. The summed E-state index contributed by atoms with van der Waals surface area (Å²) in [6.45, 7) is 0. The molecule has 0 heterocycles. The molecule has 0 saturated carbocycles. The Balaban J connectivity index is 2.38. The lowest BCUT2D eigenvalue weighted by atomic mass is 10.0. The van der Waals surface area contributed by atoms with E-state index < -0.39 is 5.38 Å². The van der Waals surface area contributed by atoms with Crippen molar-refractivity contribution in [2.45, 2.75) is 5.38 Å². The second-order valence-electron chi connectivity index (χ2n) is 3.92. The first-order valence-electron chi connectivity index (χ1n) is 5.45. The zero-order valence-electron chi connectivity index (χ0n) is 9.96. The number of alkyl halides is 1. The van der Waals surface area contributed by atoms with Crippen molar-refractivity contribution in [2.24, 2.45) is 0 Å². The van der Waals surface area contributed by atoms with Gasteiger partial charge >= 0.3 is 0 Å². The van der Waals surface area contributed by atoms with Gasteiger partial charge in [0.15, 0.2) is 0 Å². The maximum absolute atomic E-state index is 13.5. The Labute approximate surface area is 133 Å². The van der Waals surface area contributed by atoms with Crippen molar-refractivity contribution in [2.75, 3.05) is 7.11 Å². The number of methoxy groups -OCH3 is 1. The summed E-state index contributed by atoms with van der Waals surface area (Å²) in [5.74, 6) is 0.411. The summed E-state index contributed by atoms with van der Waals surface area (Å²) in [6, 6.07) is 10.4. The highest BCUT2D eigenvalue weighted by Gasteiger charge is 2.16. The molecular formula is C14H10Br2ClFO. The largest absolute Gasteiger partial charge is 0.497 e. The number of hydrogen-bond acceptors (Lipinski definition) is 1. The lowest BCUT2D eigenvalue weighted by molar-refractivity contribution is 0.414. The molecule has 19 heavy (non-hydrogen) atoms. The first kappa shape index (κ1) is 14.8. The van der Waals surface area contributed by atoms with Crippen molar-refractivity contribution in [3.8, 4) is 5.75 Å². The normalized spacial score (nSPS) is 12.3. The Kier molecular flexibility index (Phi) is 4.87. The Morgan fingerprint density at radius 1 is 1.11 bits per heavy atom. The molecule has 1 atom stereocenters. The van der Waals surface area contributed by atoms with Gasteiger partial charge < -0.3 is 4.74 Å². The summed E-state index contributed by atoms with van der Waals surface area (Å²) in [7, 11) is 1.60. The minimum atomic E-state index is -0.428. The SMILES string of the molecule is COc1ccc(C(Cl)c2ccc(Br)c(F)c2)c(Br)c1. The van der Waals surface area contributed by atoms with Gasteiger partial charge in [0.2, 0.25) is 0 Å². The molecule has 0 fully saturated rings. The van der Waals surface area contributed by atoms with E-state index in [1.165, 1.54) is 6.07 Å². The van der Waals surface area contributed by atoms with Gasteiger partial charge in [-0.05, 0) is 51.3 Å². The number of benzene rings is 2. The predicted molar refractivity (Wildman–Crippen MR) is 82.5 cm³/mol. The van der Waals surface area contributed by atoms with Gasteiger partial charge in [-0.3, -0.25) is 0 Å². The molecule has 0 aliphatic rings. The fraction of sp³-hybridized carbons (Fsp3) is 0.143. The van der Waals surface area contributed by atoms with E-state index in [2.05, 4.69) is 31.9 Å². The Morgan fingerprint density at radius 3 is 2.42 bits per heavy atom. The summed E-state index contributed by atoms with van der Waals surface area (Å²) in [6.07, 6.45) is 0. The van der Waals surface area contributed by atoms with Crippen LogP contribution in [0.25, 0.3) is 0 Å². The summed E-state index contributed by atoms with van der Waals surface area (Å²) < 4.78 is 19.9. The monoisotopic (exact) mass is 406 g/mol. The molecule has 0 bridgehead atoms. The van der Waals surface area contributed by atoms with Gasteiger partial charge in [-0.2, -0.15) is 0 Å². The van der Waals surface area contributed by atoms with Crippen LogP contribution in [0.15, 0.2) is 45.3 Å². The molecule has 0 radical (unpaired) electrons. The van der Waals surface area contributed by atoms with Crippen molar-refractivity contribution in [1.82, 2.24) is 0 Å². The summed E-state index contributed by atoms with van der Waals surface area (Å²) in [5.41, 5.74) is 1.57. The molecule has 0 amide bonds. The average molecular weight is 408 g/mol. The molecule has 5 heteroatoms. The van der Waals surface area contributed by atoms with Crippen molar-refractivity contribution in [3.05, 3.63) is 62.3 Å². The first-order valence-corrected chi connectivity index (χ1v) is 7.47. The van der Waals surface area contributed by atoms with Crippen molar-refractivity contribution >= 4 is 43.5 Å². The van der Waals surface area contributed by atoms with Crippen LogP contribution in [0.2, 0.25) is 0 Å². The fourth-order valence-electron chi connectivity index (χ4n) is 1.69. The second-order valence-corrected chi connectivity index (χ2v) is 6.07. The number of ether oxygens (including phenoxy) is 1. The van der Waals surface area contributed by atoms with E-state index in [4.69, 9.17) is 16.3 Å². The lowest BCUT2D eigenvalue weighted by Gasteiger charge is -2.13. The highest BCUT2D eigenvalue weighted by atomic mass is 79.9. The molecule has 0 aliphatic heterocycles. The molecule has 0 saturated heterocycles. The van der Waals surface area contributed by atoms with Crippen LogP contribution in [0.5, 0.6) is 5.75 Å². The second kappa shape index (κ2) is 6.25. The van der Waals surface area contributed by atoms with Crippen LogP contribution in [0, 0.1) is 5.82 Å². The lowest BCUT2D eigenvalue weighted by Crippen LogP contribution is -1.96. The highest BCUT2D eigenvalue weighted by molar-refractivity contribution is 9.10. The minimum Gasteiger partial charge on any atom is -0.497 e. The van der Waals surface area contributed by atoms with E-state index in [9.17, 15) is 4.39 Å². The van der Waals surface area contributed by atoms with Crippen molar-refractivity contribution < 1.29 is 9.13 Å². The molecule has 0 aromatic heterocycles. The number of hydrogen-bond donors (Lipinski definition) is 0. The third-order valence-corrected chi connectivity index (χ3v) is 4.53. The van der Waals surface area contributed by atoms with E-state index in [0.717, 1.165) is 15.8 Å². The quantitative estimate of drug-likeness (QED) is 0.593. The summed E-state index contributed by atoms with van der Waals surface area (Å²) in [4.78, 5) is 0. The summed E-state index contributed by atoms with van der Waals surface area (Å²) in [5, 5.41) is -0.428. The van der Waals surface area contributed by atoms with Crippen LogP contribution in [-0.4, -0.2) is 7.11 Å². The molecule has 0 spiro atoms. The first-order chi connectivity index (χ1) is 9.02. The van der Waals surface area contributed by atoms with Gasteiger partial charge in [0, 0.05) is 4.47 Å². The van der Waals surface area contributed by atoms with Crippen LogP contribution in [0.1, 0.15) is 16.5 Å².